The summed E-state index contributed by atoms with van der Waals surface area (Å²) >= 11 is 0. The van der Waals surface area contributed by atoms with E-state index in [2.05, 4.69) is 0 Å². The molecule has 29 heavy (non-hydrogen) atoms. The minimum atomic E-state index is -3.56. The average Bonchev–Trinajstić information content (AvgIpc) is 3.02. The molecule has 2 aromatic carbocycles. The van der Waals surface area contributed by atoms with Gasteiger partial charge in [-0.1, -0.05) is 25.0 Å². The fourth-order valence-corrected chi connectivity index (χ4v) is 4.64. The van der Waals surface area contributed by atoms with Gasteiger partial charge < -0.3 is 9.47 Å². The first-order chi connectivity index (χ1) is 14.0. The molecule has 1 fully saturated rings. The van der Waals surface area contributed by atoms with Gasteiger partial charge in [0.05, 0.1) is 10.5 Å². The van der Waals surface area contributed by atoms with Crippen LogP contribution in [0.15, 0.2) is 53.4 Å². The standard InChI is InChI=1S/C21H24FNO5S/c22-19-7-3-4-8-20(19)27-15-16-28-21(24)17-9-11-18(12-10-17)29(25,26)23-13-5-1-2-6-14-23/h3-4,7-12H,1-2,5-6,13-16H2. The number of sulfonamides is 1. The second kappa shape index (κ2) is 9.84. The third kappa shape index (κ3) is 5.55. The molecule has 0 amide bonds. The highest BCUT2D eigenvalue weighted by molar-refractivity contribution is 7.89. The minimum Gasteiger partial charge on any atom is -0.487 e. The molecule has 0 radical (unpaired) electrons. The van der Waals surface area contributed by atoms with E-state index in [9.17, 15) is 17.6 Å². The Labute approximate surface area is 170 Å². The van der Waals surface area contributed by atoms with Crippen LogP contribution in [0.25, 0.3) is 0 Å². The Morgan fingerprint density at radius 1 is 0.931 bits per heavy atom. The van der Waals surface area contributed by atoms with Gasteiger partial charge in [-0.15, -0.1) is 0 Å². The molecule has 2 aromatic rings. The zero-order valence-corrected chi connectivity index (χ0v) is 16.9. The summed E-state index contributed by atoms with van der Waals surface area (Å²) in [7, 11) is -3.56. The molecule has 0 spiro atoms. The summed E-state index contributed by atoms with van der Waals surface area (Å²) in [4.78, 5) is 12.3. The molecule has 3 rings (SSSR count). The maximum Gasteiger partial charge on any atom is 0.338 e. The SMILES string of the molecule is O=C(OCCOc1ccccc1F)c1ccc(S(=O)(=O)N2CCCCCC2)cc1. The van der Waals surface area contributed by atoms with Gasteiger partial charge in [0.1, 0.15) is 13.2 Å². The third-order valence-electron chi connectivity index (χ3n) is 4.70. The Morgan fingerprint density at radius 2 is 1.59 bits per heavy atom. The normalized spacial score (nSPS) is 15.5. The average molecular weight is 421 g/mol. The molecule has 1 heterocycles. The molecule has 8 heteroatoms. The molecule has 0 unspecified atom stereocenters. The van der Waals surface area contributed by atoms with E-state index in [1.165, 1.54) is 40.7 Å². The van der Waals surface area contributed by atoms with E-state index >= 15 is 0 Å². The molecule has 0 saturated carbocycles. The van der Waals surface area contributed by atoms with Gasteiger partial charge in [0.15, 0.2) is 11.6 Å². The molecule has 0 atom stereocenters. The first-order valence-electron chi connectivity index (χ1n) is 9.63. The molecule has 1 aliphatic heterocycles. The van der Waals surface area contributed by atoms with Crippen molar-refractivity contribution < 1.29 is 27.1 Å². The number of halogens is 1. The van der Waals surface area contributed by atoms with Crippen LogP contribution in [0.3, 0.4) is 0 Å². The first-order valence-corrected chi connectivity index (χ1v) is 11.1. The van der Waals surface area contributed by atoms with Gasteiger partial charge in [0.25, 0.3) is 0 Å². The van der Waals surface area contributed by atoms with Crippen molar-refractivity contribution in [2.45, 2.75) is 30.6 Å². The Morgan fingerprint density at radius 3 is 2.24 bits per heavy atom. The molecule has 0 bridgehead atoms. The lowest BCUT2D eigenvalue weighted by Crippen LogP contribution is -2.31. The summed E-state index contributed by atoms with van der Waals surface area (Å²) in [6, 6.07) is 11.7. The van der Waals surface area contributed by atoms with Crippen molar-refractivity contribution in [1.82, 2.24) is 4.31 Å². The summed E-state index contributed by atoms with van der Waals surface area (Å²) in [5.41, 5.74) is 0.241. The van der Waals surface area contributed by atoms with Crippen molar-refractivity contribution in [2.75, 3.05) is 26.3 Å². The van der Waals surface area contributed by atoms with E-state index < -0.39 is 21.8 Å². The van der Waals surface area contributed by atoms with E-state index in [0.29, 0.717) is 13.1 Å². The lowest BCUT2D eigenvalue weighted by atomic mass is 10.2. The molecule has 156 valence electrons. The summed E-state index contributed by atoms with van der Waals surface area (Å²) < 4.78 is 50.8. The highest BCUT2D eigenvalue weighted by atomic mass is 32.2. The Bertz CT molecular complexity index is 922. The summed E-state index contributed by atoms with van der Waals surface area (Å²) in [5, 5.41) is 0. The van der Waals surface area contributed by atoms with Crippen molar-refractivity contribution in [3.05, 3.63) is 59.9 Å². The fourth-order valence-electron chi connectivity index (χ4n) is 3.13. The lowest BCUT2D eigenvalue weighted by molar-refractivity contribution is 0.0448. The van der Waals surface area contributed by atoms with Gasteiger partial charge >= 0.3 is 5.97 Å². The Kier molecular flexibility index (Phi) is 7.22. The Balaban J connectivity index is 1.53. The fraction of sp³-hybridized carbons (Fsp3) is 0.381. The van der Waals surface area contributed by atoms with E-state index in [4.69, 9.17) is 9.47 Å². The number of carbonyl (C=O) groups is 1. The number of esters is 1. The maximum absolute atomic E-state index is 13.4. The van der Waals surface area contributed by atoms with Crippen LogP contribution in [-0.2, 0) is 14.8 Å². The maximum atomic E-state index is 13.4. The van der Waals surface area contributed by atoms with Gasteiger partial charge in [-0.3, -0.25) is 0 Å². The van der Waals surface area contributed by atoms with E-state index in [0.717, 1.165) is 25.7 Å². The second-order valence-corrected chi connectivity index (χ2v) is 8.70. The molecular weight excluding hydrogens is 397 g/mol. The van der Waals surface area contributed by atoms with Crippen LogP contribution in [-0.4, -0.2) is 45.0 Å². The highest BCUT2D eigenvalue weighted by Crippen LogP contribution is 2.21. The van der Waals surface area contributed by atoms with Crippen molar-refractivity contribution >= 4 is 16.0 Å². The number of para-hydroxylation sites is 1. The van der Waals surface area contributed by atoms with Crippen molar-refractivity contribution in [3.63, 3.8) is 0 Å². The van der Waals surface area contributed by atoms with Gasteiger partial charge in [-0.05, 0) is 49.2 Å². The zero-order valence-electron chi connectivity index (χ0n) is 16.1. The number of ether oxygens (including phenoxy) is 2. The quantitative estimate of drug-likeness (QED) is 0.504. The minimum absolute atomic E-state index is 0.00803. The topological polar surface area (TPSA) is 72.9 Å². The summed E-state index contributed by atoms with van der Waals surface area (Å²) in [6.45, 7) is 0.997. The predicted octanol–water partition coefficient (Wildman–Crippen LogP) is 3.63. The molecule has 0 aliphatic carbocycles. The van der Waals surface area contributed by atoms with Gasteiger partial charge in [-0.25, -0.2) is 17.6 Å². The molecule has 0 aromatic heterocycles. The number of hydrogen-bond donors (Lipinski definition) is 0. The van der Waals surface area contributed by atoms with Crippen LogP contribution < -0.4 is 4.74 Å². The van der Waals surface area contributed by atoms with Crippen LogP contribution in [0.5, 0.6) is 5.75 Å². The van der Waals surface area contributed by atoms with Gasteiger partial charge in [0.2, 0.25) is 10.0 Å². The molecule has 1 aliphatic rings. The van der Waals surface area contributed by atoms with Gasteiger partial charge in [-0.2, -0.15) is 4.31 Å². The number of hydrogen-bond acceptors (Lipinski definition) is 5. The molecule has 0 N–H and O–H groups in total. The van der Waals surface area contributed by atoms with Crippen LogP contribution >= 0.6 is 0 Å². The Hall–Kier alpha value is -2.45. The molecular formula is C21H24FNO5S. The first kappa shape index (κ1) is 21.3. The van der Waals surface area contributed by atoms with Crippen molar-refractivity contribution in [3.8, 4) is 5.75 Å². The monoisotopic (exact) mass is 421 g/mol. The van der Waals surface area contributed by atoms with Crippen LogP contribution in [0, 0.1) is 5.82 Å². The van der Waals surface area contributed by atoms with Crippen LogP contribution in [0.1, 0.15) is 36.0 Å². The smallest absolute Gasteiger partial charge is 0.338 e. The number of benzene rings is 2. The van der Waals surface area contributed by atoms with E-state index in [-0.39, 0.29) is 29.4 Å². The second-order valence-electron chi connectivity index (χ2n) is 6.76. The van der Waals surface area contributed by atoms with Crippen molar-refractivity contribution in [2.24, 2.45) is 0 Å². The van der Waals surface area contributed by atoms with Crippen LogP contribution in [0.4, 0.5) is 4.39 Å². The summed E-state index contributed by atoms with van der Waals surface area (Å²) in [5.74, 6) is -0.993. The van der Waals surface area contributed by atoms with Crippen molar-refractivity contribution in [1.29, 1.82) is 0 Å². The lowest BCUT2D eigenvalue weighted by Gasteiger charge is -2.20. The number of carbonyl (C=O) groups excluding carboxylic acids is 1. The largest absolute Gasteiger partial charge is 0.487 e. The summed E-state index contributed by atoms with van der Waals surface area (Å²) in [6.07, 6.45) is 3.80. The van der Waals surface area contributed by atoms with E-state index in [1.54, 1.807) is 12.1 Å². The van der Waals surface area contributed by atoms with Crippen LogP contribution in [0.2, 0.25) is 0 Å². The highest BCUT2D eigenvalue weighted by Gasteiger charge is 2.25. The number of rotatable bonds is 7. The van der Waals surface area contributed by atoms with E-state index in [1.807, 2.05) is 0 Å². The molecule has 1 saturated heterocycles. The molecule has 6 nitrogen and oxygen atoms in total. The predicted molar refractivity (Wildman–Crippen MR) is 106 cm³/mol. The zero-order chi connectivity index (χ0) is 20.7. The number of nitrogens with zero attached hydrogens (tertiary/aromatic N) is 1. The third-order valence-corrected chi connectivity index (χ3v) is 6.62. The van der Waals surface area contributed by atoms with Gasteiger partial charge in [0, 0.05) is 13.1 Å².